The molecule has 3 heterocycles. The number of aromatic nitrogens is 2. The van der Waals surface area contributed by atoms with E-state index < -0.39 is 0 Å². The highest BCUT2D eigenvalue weighted by molar-refractivity contribution is 6.30. The van der Waals surface area contributed by atoms with Crippen molar-refractivity contribution in [2.45, 2.75) is 44.7 Å². The molecule has 0 saturated carbocycles. The van der Waals surface area contributed by atoms with Gasteiger partial charge in [0.1, 0.15) is 0 Å². The molecule has 1 aromatic carbocycles. The molecule has 1 unspecified atom stereocenters. The third-order valence-corrected chi connectivity index (χ3v) is 5.45. The zero-order chi connectivity index (χ0) is 17.9. The van der Waals surface area contributed by atoms with Crippen molar-refractivity contribution in [1.82, 2.24) is 20.2 Å². The first-order chi connectivity index (χ1) is 12.7. The summed E-state index contributed by atoms with van der Waals surface area (Å²) in [4.78, 5) is 24.1. The number of hydrogen-bond acceptors (Lipinski definition) is 4. The number of halogens is 1. The Morgan fingerprint density at radius 1 is 1.38 bits per heavy atom. The van der Waals surface area contributed by atoms with E-state index in [0.29, 0.717) is 17.9 Å². The number of fused-ring (bicyclic) bond motifs is 1. The molecule has 1 amide bonds. The predicted octanol–water partition coefficient (Wildman–Crippen LogP) is 3.07. The summed E-state index contributed by atoms with van der Waals surface area (Å²) in [5, 5.41) is 4.05. The summed E-state index contributed by atoms with van der Waals surface area (Å²) in [5.74, 6) is 0.981. The van der Waals surface area contributed by atoms with Gasteiger partial charge in [0.05, 0.1) is 6.04 Å². The fourth-order valence-electron chi connectivity index (χ4n) is 3.83. The average molecular weight is 371 g/mol. The van der Waals surface area contributed by atoms with Crippen LogP contribution in [0.1, 0.15) is 47.9 Å². The fraction of sp³-hybridized carbons (Fsp3) is 0.450. The van der Waals surface area contributed by atoms with Crippen LogP contribution in [-0.2, 0) is 24.2 Å². The summed E-state index contributed by atoms with van der Waals surface area (Å²) < 4.78 is 0. The molecular formula is C20H23ClN4O. The van der Waals surface area contributed by atoms with Gasteiger partial charge in [-0.3, -0.25) is 4.79 Å². The van der Waals surface area contributed by atoms with Crippen molar-refractivity contribution in [1.29, 1.82) is 0 Å². The Labute approximate surface area is 158 Å². The van der Waals surface area contributed by atoms with Crippen molar-refractivity contribution >= 4 is 17.5 Å². The molecule has 136 valence electrons. The van der Waals surface area contributed by atoms with Gasteiger partial charge in [-0.15, -0.1) is 0 Å². The second-order valence-corrected chi connectivity index (χ2v) is 7.44. The summed E-state index contributed by atoms with van der Waals surface area (Å²) in [5.41, 5.74) is 3.41. The van der Waals surface area contributed by atoms with Crippen molar-refractivity contribution in [2.24, 2.45) is 0 Å². The van der Waals surface area contributed by atoms with E-state index >= 15 is 0 Å². The molecule has 0 spiro atoms. The molecule has 1 aromatic heterocycles. The van der Waals surface area contributed by atoms with E-state index in [2.05, 4.69) is 10.3 Å². The first-order valence-electron chi connectivity index (χ1n) is 9.30. The fourth-order valence-corrected chi connectivity index (χ4v) is 4.05. The molecule has 26 heavy (non-hydrogen) atoms. The van der Waals surface area contributed by atoms with Gasteiger partial charge < -0.3 is 10.2 Å². The van der Waals surface area contributed by atoms with Gasteiger partial charge in [-0.05, 0) is 37.0 Å². The Morgan fingerprint density at radius 2 is 2.31 bits per heavy atom. The standard InChI is InChI=1S/C20H23ClN4O/c21-16-4-1-3-14(11-16)6-7-19(26)25-10-2-5-18(25)20-23-13-15-12-22-9-8-17(15)24-20/h1,3-4,11,13,18,22H,2,5-10,12H2. The number of rotatable bonds is 4. The maximum atomic E-state index is 12.8. The minimum Gasteiger partial charge on any atom is -0.332 e. The predicted molar refractivity (Wildman–Crippen MR) is 101 cm³/mol. The van der Waals surface area contributed by atoms with E-state index in [1.165, 1.54) is 5.56 Å². The van der Waals surface area contributed by atoms with Gasteiger partial charge >= 0.3 is 0 Å². The van der Waals surface area contributed by atoms with Crippen LogP contribution >= 0.6 is 11.6 Å². The minimum atomic E-state index is 0.0158. The largest absolute Gasteiger partial charge is 0.332 e. The van der Waals surface area contributed by atoms with Crippen molar-refractivity contribution in [3.8, 4) is 0 Å². The number of amides is 1. The average Bonchev–Trinajstić information content (AvgIpc) is 3.16. The van der Waals surface area contributed by atoms with Gasteiger partial charge in [0, 0.05) is 55.0 Å². The molecule has 4 rings (SSSR count). The molecule has 1 N–H and O–H groups in total. The monoisotopic (exact) mass is 370 g/mol. The Kier molecular flexibility index (Phi) is 5.18. The minimum absolute atomic E-state index is 0.0158. The van der Waals surface area contributed by atoms with E-state index in [-0.39, 0.29) is 11.9 Å². The van der Waals surface area contributed by atoms with Crippen LogP contribution in [0.3, 0.4) is 0 Å². The van der Waals surface area contributed by atoms with Crippen LogP contribution < -0.4 is 5.32 Å². The van der Waals surface area contributed by atoms with Crippen LogP contribution in [0.4, 0.5) is 0 Å². The maximum Gasteiger partial charge on any atom is 0.223 e. The van der Waals surface area contributed by atoms with E-state index in [1.807, 2.05) is 35.4 Å². The Balaban J connectivity index is 1.45. The van der Waals surface area contributed by atoms with Gasteiger partial charge in [0.2, 0.25) is 5.91 Å². The highest BCUT2D eigenvalue weighted by Gasteiger charge is 2.32. The summed E-state index contributed by atoms with van der Waals surface area (Å²) in [6, 6.07) is 7.74. The molecule has 1 saturated heterocycles. The molecule has 2 aliphatic heterocycles. The number of benzene rings is 1. The van der Waals surface area contributed by atoms with E-state index in [0.717, 1.165) is 56.0 Å². The summed E-state index contributed by atoms with van der Waals surface area (Å²) in [6.07, 6.45) is 6.01. The van der Waals surface area contributed by atoms with E-state index in [9.17, 15) is 4.79 Å². The SMILES string of the molecule is O=C(CCc1cccc(Cl)c1)N1CCCC1c1ncc2c(n1)CCNC2. The summed E-state index contributed by atoms with van der Waals surface area (Å²) >= 11 is 6.03. The first-order valence-corrected chi connectivity index (χ1v) is 9.68. The van der Waals surface area contributed by atoms with Crippen LogP contribution in [0, 0.1) is 0 Å². The first kappa shape index (κ1) is 17.4. The Hall–Kier alpha value is -1.98. The smallest absolute Gasteiger partial charge is 0.223 e. The second kappa shape index (κ2) is 7.72. The zero-order valence-electron chi connectivity index (χ0n) is 14.7. The lowest BCUT2D eigenvalue weighted by Gasteiger charge is -2.25. The van der Waals surface area contributed by atoms with Crippen LogP contribution in [0.2, 0.25) is 5.02 Å². The van der Waals surface area contributed by atoms with Crippen LogP contribution in [0.25, 0.3) is 0 Å². The molecular weight excluding hydrogens is 348 g/mol. The normalized spacial score (nSPS) is 19.4. The van der Waals surface area contributed by atoms with Crippen molar-refractivity contribution in [3.05, 3.63) is 58.1 Å². The lowest BCUT2D eigenvalue weighted by atomic mass is 10.1. The molecule has 0 radical (unpaired) electrons. The van der Waals surface area contributed by atoms with Gasteiger partial charge in [-0.25, -0.2) is 9.97 Å². The Morgan fingerprint density at radius 3 is 3.19 bits per heavy atom. The zero-order valence-corrected chi connectivity index (χ0v) is 15.5. The molecule has 1 fully saturated rings. The molecule has 1 atom stereocenters. The lowest BCUT2D eigenvalue weighted by molar-refractivity contribution is -0.132. The van der Waals surface area contributed by atoms with Crippen LogP contribution in [0.15, 0.2) is 30.5 Å². The van der Waals surface area contributed by atoms with Crippen LogP contribution in [-0.4, -0.2) is 33.9 Å². The number of aryl methyl sites for hydroxylation is 1. The third-order valence-electron chi connectivity index (χ3n) is 5.21. The van der Waals surface area contributed by atoms with Gasteiger partial charge in [0.15, 0.2) is 5.82 Å². The summed E-state index contributed by atoms with van der Waals surface area (Å²) in [6.45, 7) is 2.58. The van der Waals surface area contributed by atoms with E-state index in [4.69, 9.17) is 16.6 Å². The topological polar surface area (TPSA) is 58.1 Å². The molecule has 2 aliphatic rings. The Bertz CT molecular complexity index is 810. The quantitative estimate of drug-likeness (QED) is 0.898. The molecule has 0 bridgehead atoms. The van der Waals surface area contributed by atoms with Gasteiger partial charge in [-0.2, -0.15) is 0 Å². The number of carbonyl (C=O) groups excluding carboxylic acids is 1. The molecule has 5 nitrogen and oxygen atoms in total. The number of hydrogen-bond donors (Lipinski definition) is 1. The third kappa shape index (κ3) is 3.74. The number of nitrogens with zero attached hydrogens (tertiary/aromatic N) is 3. The molecule has 0 aliphatic carbocycles. The molecule has 6 heteroatoms. The number of likely N-dealkylation sites (tertiary alicyclic amines) is 1. The van der Waals surface area contributed by atoms with Crippen molar-refractivity contribution < 1.29 is 4.79 Å². The van der Waals surface area contributed by atoms with Crippen molar-refractivity contribution in [3.63, 3.8) is 0 Å². The number of carbonyl (C=O) groups is 1. The molecule has 2 aromatic rings. The van der Waals surface area contributed by atoms with Gasteiger partial charge in [0.25, 0.3) is 0 Å². The van der Waals surface area contributed by atoms with Gasteiger partial charge in [-0.1, -0.05) is 23.7 Å². The van der Waals surface area contributed by atoms with E-state index in [1.54, 1.807) is 0 Å². The second-order valence-electron chi connectivity index (χ2n) is 7.00. The number of nitrogens with one attached hydrogen (secondary N) is 1. The maximum absolute atomic E-state index is 12.8. The van der Waals surface area contributed by atoms with Crippen molar-refractivity contribution in [2.75, 3.05) is 13.1 Å². The highest BCUT2D eigenvalue weighted by atomic mass is 35.5. The van der Waals surface area contributed by atoms with Crippen LogP contribution in [0.5, 0.6) is 0 Å². The lowest BCUT2D eigenvalue weighted by Crippen LogP contribution is -2.32. The highest BCUT2D eigenvalue weighted by Crippen LogP contribution is 2.31. The summed E-state index contributed by atoms with van der Waals surface area (Å²) in [7, 11) is 0.